The fourth-order valence-corrected chi connectivity index (χ4v) is 3.08. The molecule has 0 radical (unpaired) electrons. The predicted octanol–water partition coefficient (Wildman–Crippen LogP) is 0.835. The van der Waals surface area contributed by atoms with Gasteiger partial charge in [-0.2, -0.15) is 5.26 Å². The first-order chi connectivity index (χ1) is 13.0. The summed E-state index contributed by atoms with van der Waals surface area (Å²) in [4.78, 5) is 33.9. The number of esters is 1. The predicted molar refractivity (Wildman–Crippen MR) is 102 cm³/mol. The molecule has 8 nitrogen and oxygen atoms in total. The summed E-state index contributed by atoms with van der Waals surface area (Å²) in [5.74, 6) is -0.297. The number of aryl methyl sites for hydroxylation is 1. The maximum absolute atomic E-state index is 13.2. The van der Waals surface area contributed by atoms with Gasteiger partial charge in [0.25, 0.3) is 5.56 Å². The van der Waals surface area contributed by atoms with Gasteiger partial charge in [0.05, 0.1) is 12.7 Å². The Bertz CT molecular complexity index is 1010. The zero-order valence-electron chi connectivity index (χ0n) is 15.6. The van der Waals surface area contributed by atoms with Crippen molar-refractivity contribution in [1.29, 1.82) is 5.26 Å². The number of likely N-dealkylation sites (N-methyl/N-ethyl adjacent to an activating group) is 1. The number of pyridine rings is 1. The molecule has 1 aliphatic rings. The third-order valence-corrected chi connectivity index (χ3v) is 4.68. The molecule has 27 heavy (non-hydrogen) atoms. The fraction of sp³-hybridized carbons (Fsp3) is 0.368. The number of methoxy groups -OCH3 is 1. The average Bonchev–Trinajstić information content (AvgIpc) is 2.68. The standard InChI is InChI=1S/C19H21N5O3/c1-13-5-4-6-24-16(13)21-17(23-9-7-22(2)8-10-23)15(18(24)25)11-14(12-20)19(26)27-3/h4-6,11H,7-10H2,1-3H3/b14-11-. The normalized spacial score (nSPS) is 15.6. The number of nitriles is 1. The summed E-state index contributed by atoms with van der Waals surface area (Å²) < 4.78 is 6.08. The Morgan fingerprint density at radius 2 is 2.04 bits per heavy atom. The third-order valence-electron chi connectivity index (χ3n) is 4.68. The van der Waals surface area contributed by atoms with Crippen LogP contribution in [0.3, 0.4) is 0 Å². The van der Waals surface area contributed by atoms with Crippen LogP contribution in [0.25, 0.3) is 11.7 Å². The molecule has 0 unspecified atom stereocenters. The van der Waals surface area contributed by atoms with Crippen LogP contribution in [0.15, 0.2) is 28.7 Å². The third kappa shape index (κ3) is 3.55. The van der Waals surface area contributed by atoms with E-state index in [0.29, 0.717) is 24.6 Å². The Morgan fingerprint density at radius 3 is 2.67 bits per heavy atom. The van der Waals surface area contributed by atoms with Crippen LogP contribution in [0.1, 0.15) is 11.1 Å². The molecule has 0 N–H and O–H groups in total. The molecule has 1 saturated heterocycles. The number of hydrogen-bond acceptors (Lipinski definition) is 7. The lowest BCUT2D eigenvalue weighted by Gasteiger charge is -2.34. The van der Waals surface area contributed by atoms with E-state index in [2.05, 4.69) is 9.64 Å². The Hall–Kier alpha value is -3.18. The van der Waals surface area contributed by atoms with E-state index in [0.717, 1.165) is 18.7 Å². The Balaban J connectivity index is 2.26. The summed E-state index contributed by atoms with van der Waals surface area (Å²) in [6.45, 7) is 4.96. The summed E-state index contributed by atoms with van der Waals surface area (Å²) >= 11 is 0. The highest BCUT2D eigenvalue weighted by atomic mass is 16.5. The molecule has 1 fully saturated rings. The Morgan fingerprint density at radius 1 is 1.33 bits per heavy atom. The number of carbonyl (C=O) groups is 1. The van der Waals surface area contributed by atoms with Crippen LogP contribution >= 0.6 is 0 Å². The summed E-state index contributed by atoms with van der Waals surface area (Å²) in [6, 6.07) is 5.46. The largest absolute Gasteiger partial charge is 0.465 e. The van der Waals surface area contributed by atoms with Gasteiger partial charge in [-0.3, -0.25) is 9.20 Å². The van der Waals surface area contributed by atoms with Crippen molar-refractivity contribution in [2.75, 3.05) is 45.2 Å². The zero-order valence-corrected chi connectivity index (χ0v) is 15.6. The molecular weight excluding hydrogens is 346 g/mol. The smallest absolute Gasteiger partial charge is 0.348 e. The molecule has 0 saturated carbocycles. The summed E-state index contributed by atoms with van der Waals surface area (Å²) in [7, 11) is 3.24. The Kier molecular flexibility index (Phi) is 5.23. The molecule has 0 spiro atoms. The number of piperazine rings is 1. The van der Waals surface area contributed by atoms with Gasteiger partial charge < -0.3 is 14.5 Å². The minimum Gasteiger partial charge on any atom is -0.465 e. The van der Waals surface area contributed by atoms with Crippen LogP contribution < -0.4 is 10.5 Å². The van der Waals surface area contributed by atoms with Gasteiger partial charge in [0, 0.05) is 32.4 Å². The SMILES string of the molecule is COC(=O)/C(C#N)=C\c1c(N2CCN(C)CC2)nc2c(C)cccn2c1=O. The summed E-state index contributed by atoms with van der Waals surface area (Å²) in [5.41, 5.74) is 1.08. The van der Waals surface area contributed by atoms with E-state index in [1.54, 1.807) is 12.3 Å². The van der Waals surface area contributed by atoms with Gasteiger partial charge in [-0.1, -0.05) is 6.07 Å². The lowest BCUT2D eigenvalue weighted by Crippen LogP contribution is -2.45. The zero-order chi connectivity index (χ0) is 19.6. The number of nitrogens with zero attached hydrogens (tertiary/aromatic N) is 5. The van der Waals surface area contributed by atoms with Crippen LogP contribution in [-0.4, -0.2) is 60.6 Å². The lowest BCUT2D eigenvalue weighted by molar-refractivity contribution is -0.135. The van der Waals surface area contributed by atoms with E-state index in [1.165, 1.54) is 17.6 Å². The van der Waals surface area contributed by atoms with Crippen molar-refractivity contribution in [1.82, 2.24) is 14.3 Å². The number of aromatic nitrogens is 2. The van der Waals surface area contributed by atoms with E-state index in [1.807, 2.05) is 31.0 Å². The second kappa shape index (κ2) is 7.60. The maximum atomic E-state index is 13.2. The van der Waals surface area contributed by atoms with Crippen molar-refractivity contribution < 1.29 is 9.53 Å². The van der Waals surface area contributed by atoms with Crippen LogP contribution in [-0.2, 0) is 9.53 Å². The molecule has 0 atom stereocenters. The van der Waals surface area contributed by atoms with Crippen LogP contribution in [0, 0.1) is 18.3 Å². The molecule has 3 rings (SSSR count). The monoisotopic (exact) mass is 367 g/mol. The van der Waals surface area contributed by atoms with Gasteiger partial charge >= 0.3 is 5.97 Å². The topological polar surface area (TPSA) is 90.9 Å². The van der Waals surface area contributed by atoms with Crippen molar-refractivity contribution in [3.8, 4) is 6.07 Å². The molecule has 2 aromatic rings. The number of rotatable bonds is 3. The number of carbonyl (C=O) groups excluding carboxylic acids is 1. The first kappa shape index (κ1) is 18.6. The molecule has 0 aliphatic carbocycles. The van der Waals surface area contributed by atoms with E-state index in [4.69, 9.17) is 4.98 Å². The van der Waals surface area contributed by atoms with Gasteiger partial charge in [-0.15, -0.1) is 0 Å². The second-order valence-electron chi connectivity index (χ2n) is 6.49. The molecule has 2 aromatic heterocycles. The Labute approximate surface area is 156 Å². The second-order valence-corrected chi connectivity index (χ2v) is 6.49. The van der Waals surface area contributed by atoms with Gasteiger partial charge in [-0.25, -0.2) is 9.78 Å². The van der Waals surface area contributed by atoms with Crippen molar-refractivity contribution in [2.45, 2.75) is 6.92 Å². The van der Waals surface area contributed by atoms with E-state index < -0.39 is 5.97 Å². The van der Waals surface area contributed by atoms with Gasteiger partial charge in [0.2, 0.25) is 0 Å². The molecule has 3 heterocycles. The maximum Gasteiger partial charge on any atom is 0.348 e. The highest BCUT2D eigenvalue weighted by Crippen LogP contribution is 2.21. The lowest BCUT2D eigenvalue weighted by atomic mass is 10.1. The van der Waals surface area contributed by atoms with Crippen molar-refractivity contribution in [3.63, 3.8) is 0 Å². The van der Waals surface area contributed by atoms with Crippen LogP contribution in [0.2, 0.25) is 0 Å². The minimum atomic E-state index is -0.782. The minimum absolute atomic E-state index is 0.213. The quantitative estimate of drug-likeness (QED) is 0.451. The number of hydrogen-bond donors (Lipinski definition) is 0. The molecule has 0 aromatic carbocycles. The number of anilines is 1. The van der Waals surface area contributed by atoms with Gasteiger partial charge in [0.1, 0.15) is 23.1 Å². The van der Waals surface area contributed by atoms with E-state index in [-0.39, 0.29) is 16.7 Å². The highest BCUT2D eigenvalue weighted by Gasteiger charge is 2.22. The van der Waals surface area contributed by atoms with Crippen LogP contribution in [0.5, 0.6) is 0 Å². The molecule has 8 heteroatoms. The van der Waals surface area contributed by atoms with E-state index in [9.17, 15) is 14.9 Å². The first-order valence-electron chi connectivity index (χ1n) is 8.62. The highest BCUT2D eigenvalue weighted by molar-refractivity contribution is 5.98. The van der Waals surface area contributed by atoms with Crippen molar-refractivity contribution >= 4 is 23.5 Å². The molecule has 0 amide bonds. The van der Waals surface area contributed by atoms with Crippen molar-refractivity contribution in [3.05, 3.63) is 45.4 Å². The summed E-state index contributed by atoms with van der Waals surface area (Å²) in [5, 5.41) is 9.30. The number of ether oxygens (including phenoxy) is 1. The molecule has 140 valence electrons. The molecule has 0 bridgehead atoms. The molecular formula is C19H21N5O3. The summed E-state index contributed by atoms with van der Waals surface area (Å²) in [6.07, 6.45) is 2.91. The van der Waals surface area contributed by atoms with Gasteiger partial charge in [0.15, 0.2) is 0 Å². The first-order valence-corrected chi connectivity index (χ1v) is 8.62. The van der Waals surface area contributed by atoms with Crippen molar-refractivity contribution in [2.24, 2.45) is 0 Å². The average molecular weight is 367 g/mol. The fourth-order valence-electron chi connectivity index (χ4n) is 3.08. The number of fused-ring (bicyclic) bond motifs is 1. The van der Waals surface area contributed by atoms with E-state index >= 15 is 0 Å². The van der Waals surface area contributed by atoms with Crippen LogP contribution in [0.4, 0.5) is 5.82 Å². The van der Waals surface area contributed by atoms with Gasteiger partial charge in [-0.05, 0) is 31.7 Å². The molecule has 1 aliphatic heterocycles.